The number of aromatic nitrogens is 4. The van der Waals surface area contributed by atoms with Crippen LogP contribution in [0, 0.1) is 5.92 Å². The standard InChI is InChI=1S/C24H29N5O2/c1-3-31-22(30)20-10-7-11-21(16-20)29-23(26-27-28-29)24(14-12-18(2)13-15-24)25-17-19-8-5-4-6-9-19/h4-11,16,18,25H,3,12-15,17H2,1-2H3. The summed E-state index contributed by atoms with van der Waals surface area (Å²) in [4.78, 5) is 12.2. The Morgan fingerprint density at radius 1 is 1.16 bits per heavy atom. The second-order valence-corrected chi connectivity index (χ2v) is 8.29. The van der Waals surface area contributed by atoms with Crippen LogP contribution in [0.25, 0.3) is 5.69 Å². The minimum Gasteiger partial charge on any atom is -0.462 e. The first kappa shape index (κ1) is 21.2. The Labute approximate surface area is 182 Å². The highest BCUT2D eigenvalue weighted by molar-refractivity contribution is 5.90. The van der Waals surface area contributed by atoms with Gasteiger partial charge in [-0.3, -0.25) is 0 Å². The number of carbonyl (C=O) groups is 1. The van der Waals surface area contributed by atoms with Crippen LogP contribution >= 0.6 is 0 Å². The lowest BCUT2D eigenvalue weighted by molar-refractivity contribution is 0.0526. The molecule has 0 bridgehead atoms. The third kappa shape index (κ3) is 4.66. The maximum atomic E-state index is 12.2. The van der Waals surface area contributed by atoms with Crippen LogP contribution in [0.3, 0.4) is 0 Å². The number of nitrogens with one attached hydrogen (secondary N) is 1. The molecule has 7 nitrogen and oxygen atoms in total. The van der Waals surface area contributed by atoms with Crippen molar-refractivity contribution < 1.29 is 9.53 Å². The van der Waals surface area contributed by atoms with Crippen LogP contribution in [-0.4, -0.2) is 32.8 Å². The summed E-state index contributed by atoms with van der Waals surface area (Å²) in [6.07, 6.45) is 4.13. The van der Waals surface area contributed by atoms with Crippen LogP contribution in [0.5, 0.6) is 0 Å². The monoisotopic (exact) mass is 419 g/mol. The van der Waals surface area contributed by atoms with Crippen LogP contribution in [0.2, 0.25) is 0 Å². The molecule has 162 valence electrons. The molecule has 1 aromatic heterocycles. The Balaban J connectivity index is 1.67. The Morgan fingerprint density at radius 2 is 1.94 bits per heavy atom. The van der Waals surface area contributed by atoms with E-state index >= 15 is 0 Å². The lowest BCUT2D eigenvalue weighted by Gasteiger charge is -2.39. The van der Waals surface area contributed by atoms with E-state index in [0.717, 1.165) is 43.7 Å². The first-order valence-corrected chi connectivity index (χ1v) is 11.0. The number of esters is 1. The number of nitrogens with zero attached hydrogens (tertiary/aromatic N) is 4. The third-order valence-corrected chi connectivity index (χ3v) is 6.10. The maximum Gasteiger partial charge on any atom is 0.338 e. The van der Waals surface area contributed by atoms with Gasteiger partial charge in [-0.15, -0.1) is 5.10 Å². The van der Waals surface area contributed by atoms with Crippen molar-refractivity contribution in [1.29, 1.82) is 0 Å². The van der Waals surface area contributed by atoms with Crippen LogP contribution in [0.15, 0.2) is 54.6 Å². The zero-order valence-corrected chi connectivity index (χ0v) is 18.1. The highest BCUT2D eigenvalue weighted by atomic mass is 16.5. The predicted molar refractivity (Wildman–Crippen MR) is 118 cm³/mol. The van der Waals surface area contributed by atoms with Gasteiger partial charge in [-0.25, -0.2) is 4.79 Å². The van der Waals surface area contributed by atoms with E-state index in [9.17, 15) is 4.79 Å². The van der Waals surface area contributed by atoms with Gasteiger partial charge in [0.15, 0.2) is 5.82 Å². The summed E-state index contributed by atoms with van der Waals surface area (Å²) in [5.74, 6) is 1.13. The largest absolute Gasteiger partial charge is 0.462 e. The van der Waals surface area contributed by atoms with E-state index in [4.69, 9.17) is 4.74 Å². The molecule has 0 spiro atoms. The Hall–Kier alpha value is -3.06. The number of tetrazole rings is 1. The summed E-state index contributed by atoms with van der Waals surface area (Å²) in [6, 6.07) is 17.7. The van der Waals surface area contributed by atoms with Crippen molar-refractivity contribution in [2.45, 2.75) is 51.6 Å². The molecule has 1 N–H and O–H groups in total. The normalized spacial score (nSPS) is 21.0. The molecule has 4 rings (SSSR count). The summed E-state index contributed by atoms with van der Waals surface area (Å²) in [5, 5.41) is 16.5. The van der Waals surface area contributed by atoms with Gasteiger partial charge in [0.05, 0.1) is 23.4 Å². The van der Waals surface area contributed by atoms with Gasteiger partial charge in [-0.05, 0) is 72.7 Å². The van der Waals surface area contributed by atoms with E-state index in [1.807, 2.05) is 18.2 Å². The molecule has 0 aliphatic heterocycles. The number of hydrogen-bond acceptors (Lipinski definition) is 6. The lowest BCUT2D eigenvalue weighted by atomic mass is 9.76. The van der Waals surface area contributed by atoms with Crippen LogP contribution in [0.1, 0.15) is 61.3 Å². The van der Waals surface area contributed by atoms with Gasteiger partial charge >= 0.3 is 5.97 Å². The first-order valence-electron chi connectivity index (χ1n) is 11.0. The van der Waals surface area contributed by atoms with E-state index in [1.165, 1.54) is 5.56 Å². The molecule has 0 radical (unpaired) electrons. The molecule has 1 heterocycles. The molecule has 0 saturated heterocycles. The third-order valence-electron chi connectivity index (χ3n) is 6.10. The van der Waals surface area contributed by atoms with E-state index in [1.54, 1.807) is 23.7 Å². The Bertz CT molecular complexity index is 1010. The van der Waals surface area contributed by atoms with Gasteiger partial charge < -0.3 is 10.1 Å². The minimum atomic E-state index is -0.345. The Kier molecular flexibility index (Phi) is 6.42. The van der Waals surface area contributed by atoms with Crippen LogP contribution < -0.4 is 5.32 Å². The van der Waals surface area contributed by atoms with Gasteiger partial charge in [0.1, 0.15) is 0 Å². The fraction of sp³-hybridized carbons (Fsp3) is 0.417. The summed E-state index contributed by atoms with van der Waals surface area (Å²) < 4.78 is 6.91. The zero-order chi connectivity index (χ0) is 21.7. The number of carbonyl (C=O) groups excluding carboxylic acids is 1. The van der Waals surface area contributed by atoms with E-state index in [2.05, 4.69) is 52.0 Å². The van der Waals surface area contributed by atoms with Crippen molar-refractivity contribution in [3.63, 3.8) is 0 Å². The highest BCUT2D eigenvalue weighted by Crippen LogP contribution is 2.39. The molecule has 3 aromatic rings. The second-order valence-electron chi connectivity index (χ2n) is 8.29. The van der Waals surface area contributed by atoms with Gasteiger partial charge in [-0.1, -0.05) is 43.3 Å². The molecule has 1 aliphatic carbocycles. The van der Waals surface area contributed by atoms with Crippen molar-refractivity contribution in [3.8, 4) is 5.69 Å². The molecule has 0 amide bonds. The maximum absolute atomic E-state index is 12.2. The highest BCUT2D eigenvalue weighted by Gasteiger charge is 2.40. The quantitative estimate of drug-likeness (QED) is 0.582. The number of benzene rings is 2. The Morgan fingerprint density at radius 3 is 2.68 bits per heavy atom. The van der Waals surface area contributed by atoms with Gasteiger partial charge in [-0.2, -0.15) is 4.68 Å². The molecular weight excluding hydrogens is 390 g/mol. The summed E-state index contributed by atoms with van der Waals surface area (Å²) >= 11 is 0. The summed E-state index contributed by atoms with van der Waals surface area (Å²) in [6.45, 7) is 5.18. The second kappa shape index (κ2) is 9.39. The molecule has 7 heteroatoms. The molecule has 0 atom stereocenters. The van der Waals surface area contributed by atoms with Crippen molar-refractivity contribution in [3.05, 3.63) is 71.5 Å². The summed E-state index contributed by atoms with van der Waals surface area (Å²) in [5.41, 5.74) is 2.14. The fourth-order valence-electron chi connectivity index (χ4n) is 4.24. The zero-order valence-electron chi connectivity index (χ0n) is 18.1. The molecule has 1 aliphatic rings. The molecule has 1 fully saturated rings. The topological polar surface area (TPSA) is 81.9 Å². The fourth-order valence-corrected chi connectivity index (χ4v) is 4.24. The van der Waals surface area contributed by atoms with E-state index in [0.29, 0.717) is 18.1 Å². The average molecular weight is 420 g/mol. The van der Waals surface area contributed by atoms with Crippen molar-refractivity contribution in [2.75, 3.05) is 6.61 Å². The average Bonchev–Trinajstić information content (AvgIpc) is 3.31. The smallest absolute Gasteiger partial charge is 0.338 e. The molecule has 31 heavy (non-hydrogen) atoms. The van der Waals surface area contributed by atoms with Crippen LogP contribution in [0.4, 0.5) is 0 Å². The van der Waals surface area contributed by atoms with Gasteiger partial charge in [0.2, 0.25) is 0 Å². The first-order chi connectivity index (χ1) is 15.1. The van der Waals surface area contributed by atoms with Gasteiger partial charge in [0, 0.05) is 6.54 Å². The number of hydrogen-bond donors (Lipinski definition) is 1. The predicted octanol–water partition coefficient (Wildman–Crippen LogP) is 4.03. The molecule has 1 saturated carbocycles. The number of ether oxygens (including phenoxy) is 1. The summed E-state index contributed by atoms with van der Waals surface area (Å²) in [7, 11) is 0. The van der Waals surface area contributed by atoms with E-state index in [-0.39, 0.29) is 11.5 Å². The minimum absolute atomic E-state index is 0.328. The van der Waals surface area contributed by atoms with Gasteiger partial charge in [0.25, 0.3) is 0 Å². The molecular formula is C24H29N5O2. The molecule has 0 unspecified atom stereocenters. The molecule has 2 aromatic carbocycles. The lowest BCUT2D eigenvalue weighted by Crippen LogP contribution is -2.46. The van der Waals surface area contributed by atoms with Crippen molar-refractivity contribution >= 4 is 5.97 Å². The van der Waals surface area contributed by atoms with Crippen molar-refractivity contribution in [2.24, 2.45) is 5.92 Å². The SMILES string of the molecule is CCOC(=O)c1cccc(-n2nnnc2C2(NCc3ccccc3)CCC(C)CC2)c1. The van der Waals surface area contributed by atoms with Crippen LogP contribution in [-0.2, 0) is 16.8 Å². The van der Waals surface area contributed by atoms with Crippen molar-refractivity contribution in [1.82, 2.24) is 25.5 Å². The number of rotatable bonds is 7. The van der Waals surface area contributed by atoms with E-state index < -0.39 is 0 Å².